The van der Waals surface area contributed by atoms with Crippen molar-refractivity contribution in [3.63, 3.8) is 0 Å². The molecule has 0 atom stereocenters. The highest BCUT2D eigenvalue weighted by atomic mass is 32.2. The Labute approximate surface area is 221 Å². The van der Waals surface area contributed by atoms with Crippen LogP contribution < -0.4 is 14.4 Å². The molecule has 0 saturated heterocycles. The second-order valence-corrected chi connectivity index (χ2v) is 10.9. The number of nitrogens with zero attached hydrogens (tertiary/aromatic N) is 3. The number of carbonyl (C=O) groups excluding carboxylic acids is 1. The summed E-state index contributed by atoms with van der Waals surface area (Å²) in [5.41, 5.74) is 0.666. The summed E-state index contributed by atoms with van der Waals surface area (Å²) >= 11 is 1.04. The highest BCUT2D eigenvalue weighted by Gasteiger charge is 2.24. The number of hydrogen-bond donors (Lipinski definition) is 1. The van der Waals surface area contributed by atoms with E-state index in [1.165, 1.54) is 24.1 Å². The summed E-state index contributed by atoms with van der Waals surface area (Å²) in [7, 11) is -2.51. The lowest BCUT2D eigenvalue weighted by atomic mass is 10.1. The van der Waals surface area contributed by atoms with E-state index in [9.17, 15) is 26.4 Å². The summed E-state index contributed by atoms with van der Waals surface area (Å²) in [6.45, 7) is -1.53. The SMILES string of the molecule is COCCCS(=O)(=O)NC(=O)c1nc(N(Cc2cc(OC(F)F)ccc2F)c2ccc(C#N)cc2)sc1C. The smallest absolute Gasteiger partial charge is 0.387 e. The Morgan fingerprint density at radius 3 is 2.58 bits per heavy atom. The molecule has 3 rings (SSSR count). The van der Waals surface area contributed by atoms with E-state index in [2.05, 4.69) is 9.72 Å². The van der Waals surface area contributed by atoms with Crippen molar-refractivity contribution in [2.75, 3.05) is 24.4 Å². The molecule has 3 aromatic rings. The number of thiazole rings is 1. The molecule has 0 aliphatic carbocycles. The van der Waals surface area contributed by atoms with Crippen LogP contribution in [0.4, 0.5) is 24.0 Å². The Kier molecular flexibility index (Phi) is 9.67. The molecule has 1 aromatic heterocycles. The zero-order valence-electron chi connectivity index (χ0n) is 20.3. The van der Waals surface area contributed by atoms with Crippen LogP contribution in [0.2, 0.25) is 0 Å². The minimum atomic E-state index is -3.94. The van der Waals surface area contributed by atoms with E-state index in [0.29, 0.717) is 16.1 Å². The molecule has 2 aromatic carbocycles. The molecule has 0 fully saturated rings. The van der Waals surface area contributed by atoms with Crippen LogP contribution in [0.1, 0.15) is 32.9 Å². The molecule has 38 heavy (non-hydrogen) atoms. The summed E-state index contributed by atoms with van der Waals surface area (Å²) in [5.74, 6) is -2.19. The lowest BCUT2D eigenvalue weighted by molar-refractivity contribution is -0.0499. The van der Waals surface area contributed by atoms with Gasteiger partial charge in [-0.3, -0.25) is 4.79 Å². The number of rotatable bonds is 12. The topological polar surface area (TPSA) is 122 Å². The van der Waals surface area contributed by atoms with Crippen LogP contribution in [0.15, 0.2) is 42.5 Å². The Morgan fingerprint density at radius 1 is 1.24 bits per heavy atom. The van der Waals surface area contributed by atoms with Gasteiger partial charge in [0.1, 0.15) is 17.3 Å². The van der Waals surface area contributed by atoms with E-state index in [1.807, 2.05) is 10.8 Å². The lowest BCUT2D eigenvalue weighted by Crippen LogP contribution is -2.33. The van der Waals surface area contributed by atoms with Crippen LogP contribution in [0.3, 0.4) is 0 Å². The molecule has 0 aliphatic heterocycles. The summed E-state index contributed by atoms with van der Waals surface area (Å²) in [5, 5.41) is 9.32. The normalized spacial score (nSPS) is 11.3. The molecule has 0 spiro atoms. The molecule has 0 aliphatic rings. The first-order valence-corrected chi connectivity index (χ1v) is 13.5. The molecule has 0 saturated carbocycles. The Bertz CT molecular complexity index is 1420. The van der Waals surface area contributed by atoms with Gasteiger partial charge in [-0.2, -0.15) is 14.0 Å². The summed E-state index contributed by atoms with van der Waals surface area (Å²) in [6.07, 6.45) is 0.187. The largest absolute Gasteiger partial charge is 0.435 e. The van der Waals surface area contributed by atoms with Gasteiger partial charge in [0, 0.05) is 29.8 Å². The van der Waals surface area contributed by atoms with E-state index >= 15 is 0 Å². The molecule has 0 radical (unpaired) electrons. The van der Waals surface area contributed by atoms with Crippen LogP contribution in [0.5, 0.6) is 5.75 Å². The quantitative estimate of drug-likeness (QED) is 0.317. The van der Waals surface area contributed by atoms with Gasteiger partial charge in [-0.05, 0) is 55.8 Å². The number of benzene rings is 2. The molecule has 1 amide bonds. The van der Waals surface area contributed by atoms with Gasteiger partial charge in [-0.15, -0.1) is 11.3 Å². The first kappa shape index (κ1) is 28.9. The van der Waals surface area contributed by atoms with Gasteiger partial charge in [0.05, 0.1) is 23.9 Å². The van der Waals surface area contributed by atoms with E-state index in [-0.39, 0.29) is 47.5 Å². The van der Waals surface area contributed by atoms with Crippen molar-refractivity contribution in [2.24, 2.45) is 0 Å². The first-order chi connectivity index (χ1) is 18.0. The highest BCUT2D eigenvalue weighted by Crippen LogP contribution is 2.34. The second-order valence-electron chi connectivity index (χ2n) is 7.87. The van der Waals surface area contributed by atoms with Gasteiger partial charge < -0.3 is 14.4 Å². The fraction of sp³-hybridized carbons (Fsp3) is 0.292. The number of ether oxygens (including phenoxy) is 2. The third-order valence-electron chi connectivity index (χ3n) is 5.12. The number of methoxy groups -OCH3 is 1. The number of nitrogens with one attached hydrogen (secondary N) is 1. The van der Waals surface area contributed by atoms with Crippen molar-refractivity contribution in [2.45, 2.75) is 26.5 Å². The Hall–Kier alpha value is -3.67. The zero-order valence-corrected chi connectivity index (χ0v) is 21.9. The first-order valence-electron chi connectivity index (χ1n) is 11.0. The van der Waals surface area contributed by atoms with Crippen molar-refractivity contribution < 1.29 is 35.9 Å². The number of aryl methyl sites for hydroxylation is 1. The van der Waals surface area contributed by atoms with Gasteiger partial charge in [-0.25, -0.2) is 22.5 Å². The maximum absolute atomic E-state index is 14.7. The van der Waals surface area contributed by atoms with Gasteiger partial charge in [0.2, 0.25) is 10.0 Å². The molecule has 1 heterocycles. The summed E-state index contributed by atoms with van der Waals surface area (Å²) in [6, 6.07) is 11.4. The van der Waals surface area contributed by atoms with Crippen molar-refractivity contribution in [1.82, 2.24) is 9.71 Å². The molecule has 1 N–H and O–H groups in total. The summed E-state index contributed by atoms with van der Waals surface area (Å²) in [4.78, 5) is 19.0. The van der Waals surface area contributed by atoms with E-state index in [4.69, 9.17) is 10.00 Å². The van der Waals surface area contributed by atoms with Gasteiger partial charge >= 0.3 is 6.61 Å². The van der Waals surface area contributed by atoms with Crippen LogP contribution in [-0.2, 0) is 21.3 Å². The standard InChI is InChI=1S/C24H23F3N4O5S2/c1-15-21(22(32)30-38(33,34)11-3-10-35-2)29-24(37-15)31(18-6-4-16(13-28)5-7-18)14-17-12-19(36-23(26)27)8-9-20(17)25/h4-9,12,23H,3,10-11,14H2,1-2H3,(H,30,32). The second kappa shape index (κ2) is 12.7. The van der Waals surface area contributed by atoms with Crippen molar-refractivity contribution in [3.05, 3.63) is 70.0 Å². The number of sulfonamides is 1. The monoisotopic (exact) mass is 568 g/mol. The lowest BCUT2D eigenvalue weighted by Gasteiger charge is -2.23. The number of carbonyl (C=O) groups is 1. The van der Waals surface area contributed by atoms with Crippen LogP contribution in [0, 0.1) is 24.1 Å². The predicted molar refractivity (Wildman–Crippen MR) is 135 cm³/mol. The Balaban J connectivity index is 1.96. The molecular formula is C24H23F3N4O5S2. The summed E-state index contributed by atoms with van der Waals surface area (Å²) < 4.78 is 75.8. The van der Waals surface area contributed by atoms with Crippen molar-refractivity contribution in [3.8, 4) is 11.8 Å². The average Bonchev–Trinajstić information content (AvgIpc) is 3.25. The van der Waals surface area contributed by atoms with E-state index in [0.717, 1.165) is 29.5 Å². The van der Waals surface area contributed by atoms with Crippen LogP contribution >= 0.6 is 11.3 Å². The van der Waals surface area contributed by atoms with Crippen LogP contribution in [-0.4, -0.2) is 45.4 Å². The minimum Gasteiger partial charge on any atom is -0.435 e. The molecule has 9 nitrogen and oxygen atoms in total. The number of anilines is 2. The minimum absolute atomic E-state index is 0.00733. The zero-order chi connectivity index (χ0) is 27.9. The predicted octanol–water partition coefficient (Wildman–Crippen LogP) is 4.50. The van der Waals surface area contributed by atoms with Gasteiger partial charge in [0.15, 0.2) is 5.13 Å². The fourth-order valence-electron chi connectivity index (χ4n) is 3.35. The molecule has 0 bridgehead atoms. The maximum Gasteiger partial charge on any atom is 0.387 e. The maximum atomic E-state index is 14.7. The number of amides is 1. The number of halogens is 3. The fourth-order valence-corrected chi connectivity index (χ4v) is 5.25. The third kappa shape index (κ3) is 7.67. The van der Waals surface area contributed by atoms with E-state index < -0.39 is 28.4 Å². The Morgan fingerprint density at radius 2 is 1.95 bits per heavy atom. The van der Waals surface area contributed by atoms with Gasteiger partial charge in [-0.1, -0.05) is 0 Å². The van der Waals surface area contributed by atoms with Crippen molar-refractivity contribution >= 4 is 38.1 Å². The number of nitriles is 1. The average molecular weight is 569 g/mol. The van der Waals surface area contributed by atoms with Crippen molar-refractivity contribution in [1.29, 1.82) is 5.26 Å². The molecule has 202 valence electrons. The van der Waals surface area contributed by atoms with Gasteiger partial charge in [0.25, 0.3) is 5.91 Å². The van der Waals surface area contributed by atoms with E-state index in [1.54, 1.807) is 19.1 Å². The number of aromatic nitrogens is 1. The molecular weight excluding hydrogens is 545 g/mol. The third-order valence-corrected chi connectivity index (χ3v) is 7.44. The number of alkyl halides is 2. The van der Waals surface area contributed by atoms with Crippen LogP contribution in [0.25, 0.3) is 0 Å². The highest BCUT2D eigenvalue weighted by molar-refractivity contribution is 7.90. The molecule has 14 heteroatoms. The molecule has 0 unspecified atom stereocenters. The number of hydrogen-bond acceptors (Lipinski definition) is 9.